The normalized spacial score (nSPS) is 11.9. The first-order chi connectivity index (χ1) is 7.50. The number of nitrogens with zero attached hydrogens (tertiary/aromatic N) is 1. The summed E-state index contributed by atoms with van der Waals surface area (Å²) in [6, 6.07) is 6.64. The highest BCUT2D eigenvalue weighted by molar-refractivity contribution is 6.31. The molecule has 2 aromatic rings. The van der Waals surface area contributed by atoms with Crippen molar-refractivity contribution in [2.45, 2.75) is 39.7 Å². The van der Waals surface area contributed by atoms with Gasteiger partial charge in [0.25, 0.3) is 0 Å². The lowest BCUT2D eigenvalue weighted by Crippen LogP contribution is -1.97. The maximum atomic E-state index is 6.07. The predicted octanol–water partition coefficient (Wildman–Crippen LogP) is 5.00. The van der Waals surface area contributed by atoms with E-state index in [4.69, 9.17) is 11.6 Å². The molecule has 0 aliphatic carbocycles. The van der Waals surface area contributed by atoms with E-state index in [1.54, 1.807) is 0 Å². The summed E-state index contributed by atoms with van der Waals surface area (Å²) >= 11 is 6.07. The molecule has 2 rings (SSSR count). The minimum Gasteiger partial charge on any atom is -0.345 e. The molecular formula is C14H18ClN. The summed E-state index contributed by atoms with van der Waals surface area (Å²) in [5.74, 6) is 0.529. The summed E-state index contributed by atoms with van der Waals surface area (Å²) in [5, 5.41) is 2.10. The van der Waals surface area contributed by atoms with E-state index < -0.39 is 0 Å². The van der Waals surface area contributed by atoms with E-state index >= 15 is 0 Å². The minimum absolute atomic E-state index is 0.483. The highest BCUT2D eigenvalue weighted by Crippen LogP contribution is 2.31. The van der Waals surface area contributed by atoms with Gasteiger partial charge < -0.3 is 4.57 Å². The van der Waals surface area contributed by atoms with Gasteiger partial charge in [-0.3, -0.25) is 0 Å². The number of aromatic nitrogens is 1. The van der Waals surface area contributed by atoms with Gasteiger partial charge in [0, 0.05) is 28.2 Å². The van der Waals surface area contributed by atoms with E-state index in [0.717, 1.165) is 5.02 Å². The highest BCUT2D eigenvalue weighted by Gasteiger charge is 2.12. The van der Waals surface area contributed by atoms with E-state index in [-0.39, 0.29) is 0 Å². The van der Waals surface area contributed by atoms with Crippen LogP contribution in [0.3, 0.4) is 0 Å². The number of hydrogen-bond acceptors (Lipinski definition) is 0. The van der Waals surface area contributed by atoms with Crippen molar-refractivity contribution in [2.24, 2.45) is 0 Å². The number of halogens is 1. The predicted molar refractivity (Wildman–Crippen MR) is 71.4 cm³/mol. The van der Waals surface area contributed by atoms with Crippen LogP contribution < -0.4 is 0 Å². The quantitative estimate of drug-likeness (QED) is 0.691. The molecule has 1 heterocycles. The zero-order valence-corrected chi connectivity index (χ0v) is 11.0. The van der Waals surface area contributed by atoms with Crippen molar-refractivity contribution >= 4 is 22.5 Å². The van der Waals surface area contributed by atoms with Crippen molar-refractivity contribution in [1.29, 1.82) is 0 Å². The zero-order valence-electron chi connectivity index (χ0n) is 10.3. The molecule has 2 heteroatoms. The van der Waals surface area contributed by atoms with Crippen molar-refractivity contribution in [3.63, 3.8) is 0 Å². The number of rotatable bonds is 2. The van der Waals surface area contributed by atoms with Crippen LogP contribution in [0.4, 0.5) is 0 Å². The van der Waals surface area contributed by atoms with Gasteiger partial charge in [-0.05, 0) is 43.5 Å². The van der Waals surface area contributed by atoms with Gasteiger partial charge in [0.15, 0.2) is 0 Å². The Hall–Kier alpha value is -0.950. The summed E-state index contributed by atoms with van der Waals surface area (Å²) in [4.78, 5) is 0. The van der Waals surface area contributed by atoms with Gasteiger partial charge in [0.2, 0.25) is 0 Å². The summed E-state index contributed by atoms with van der Waals surface area (Å²) < 4.78 is 2.32. The Morgan fingerprint density at radius 3 is 2.38 bits per heavy atom. The van der Waals surface area contributed by atoms with E-state index in [9.17, 15) is 0 Å². The third kappa shape index (κ3) is 1.84. The Bertz CT molecular complexity index is 509. The molecule has 0 aliphatic heterocycles. The molecular weight excluding hydrogens is 218 g/mol. The molecule has 0 radical (unpaired) electrons. The fourth-order valence-electron chi connectivity index (χ4n) is 2.14. The molecule has 16 heavy (non-hydrogen) atoms. The maximum Gasteiger partial charge on any atom is 0.0486 e. The fraction of sp³-hybridized carbons (Fsp3) is 0.429. The van der Waals surface area contributed by atoms with Crippen molar-refractivity contribution in [1.82, 2.24) is 4.57 Å². The third-order valence-corrected chi connectivity index (χ3v) is 3.24. The Kier molecular flexibility index (Phi) is 2.98. The van der Waals surface area contributed by atoms with Crippen molar-refractivity contribution in [3.8, 4) is 0 Å². The van der Waals surface area contributed by atoms with Crippen molar-refractivity contribution in [3.05, 3.63) is 35.0 Å². The van der Waals surface area contributed by atoms with Crippen LogP contribution in [0.2, 0.25) is 5.02 Å². The smallest absolute Gasteiger partial charge is 0.0486 e. The molecule has 0 saturated heterocycles. The Balaban J connectivity index is 2.76. The van der Waals surface area contributed by atoms with Gasteiger partial charge in [-0.2, -0.15) is 0 Å². The largest absolute Gasteiger partial charge is 0.345 e. The topological polar surface area (TPSA) is 4.93 Å². The first kappa shape index (κ1) is 11.5. The molecule has 0 saturated carbocycles. The van der Waals surface area contributed by atoms with Crippen LogP contribution in [0.5, 0.6) is 0 Å². The molecule has 1 nitrogen and oxygen atoms in total. The summed E-state index contributed by atoms with van der Waals surface area (Å²) in [6.45, 7) is 8.86. The maximum absolute atomic E-state index is 6.07. The second kappa shape index (κ2) is 4.14. The van der Waals surface area contributed by atoms with Crippen LogP contribution in [-0.4, -0.2) is 4.57 Å². The molecule has 0 spiro atoms. The second-order valence-electron chi connectivity index (χ2n) is 4.90. The van der Waals surface area contributed by atoms with Gasteiger partial charge in [0.05, 0.1) is 0 Å². The van der Waals surface area contributed by atoms with Crippen LogP contribution in [0, 0.1) is 0 Å². The summed E-state index contributed by atoms with van der Waals surface area (Å²) in [6.07, 6.45) is 2.26. The molecule has 1 aromatic carbocycles. The average molecular weight is 236 g/mol. The van der Waals surface area contributed by atoms with E-state index in [1.165, 1.54) is 16.5 Å². The van der Waals surface area contributed by atoms with Crippen molar-refractivity contribution in [2.75, 3.05) is 0 Å². The Morgan fingerprint density at radius 2 is 1.81 bits per heavy atom. The van der Waals surface area contributed by atoms with Crippen LogP contribution in [0.25, 0.3) is 10.9 Å². The van der Waals surface area contributed by atoms with Gasteiger partial charge >= 0.3 is 0 Å². The monoisotopic (exact) mass is 235 g/mol. The molecule has 0 bridgehead atoms. The van der Waals surface area contributed by atoms with Gasteiger partial charge in [-0.25, -0.2) is 0 Å². The lowest BCUT2D eigenvalue weighted by Gasteiger charge is -2.08. The van der Waals surface area contributed by atoms with Crippen LogP contribution in [-0.2, 0) is 0 Å². The average Bonchev–Trinajstić information content (AvgIpc) is 2.56. The molecule has 0 fully saturated rings. The fourth-order valence-corrected chi connectivity index (χ4v) is 2.31. The second-order valence-corrected chi connectivity index (χ2v) is 5.34. The number of hydrogen-bond donors (Lipinski definition) is 0. The summed E-state index contributed by atoms with van der Waals surface area (Å²) in [7, 11) is 0. The minimum atomic E-state index is 0.483. The first-order valence-corrected chi connectivity index (χ1v) is 6.18. The third-order valence-electron chi connectivity index (χ3n) is 3.00. The summed E-state index contributed by atoms with van der Waals surface area (Å²) in [5.41, 5.74) is 2.66. The molecule has 86 valence electrons. The molecule has 0 N–H and O–H groups in total. The lowest BCUT2D eigenvalue weighted by atomic mass is 10.0. The number of benzene rings is 1. The molecule has 0 aliphatic rings. The van der Waals surface area contributed by atoms with Crippen LogP contribution >= 0.6 is 11.6 Å². The van der Waals surface area contributed by atoms with E-state index in [2.05, 4.69) is 50.6 Å². The van der Waals surface area contributed by atoms with Gasteiger partial charge in [-0.1, -0.05) is 25.4 Å². The van der Waals surface area contributed by atoms with Gasteiger partial charge in [0.1, 0.15) is 0 Å². The van der Waals surface area contributed by atoms with E-state index in [0.29, 0.717) is 12.0 Å². The molecule has 0 unspecified atom stereocenters. The Morgan fingerprint density at radius 1 is 1.12 bits per heavy atom. The van der Waals surface area contributed by atoms with E-state index in [1.807, 2.05) is 6.07 Å². The van der Waals surface area contributed by atoms with Gasteiger partial charge in [-0.15, -0.1) is 0 Å². The van der Waals surface area contributed by atoms with Crippen LogP contribution in [0.1, 0.15) is 45.2 Å². The standard InChI is InChI=1S/C14H18ClN/c1-9(2)13-8-16(10(3)4)14-6-5-11(15)7-12(13)14/h5-10H,1-4H3. The number of fused-ring (bicyclic) bond motifs is 1. The van der Waals surface area contributed by atoms with Crippen LogP contribution in [0.15, 0.2) is 24.4 Å². The lowest BCUT2D eigenvalue weighted by molar-refractivity contribution is 0.619. The molecule has 0 atom stereocenters. The molecule has 1 aromatic heterocycles. The first-order valence-electron chi connectivity index (χ1n) is 5.80. The molecule has 0 amide bonds. The van der Waals surface area contributed by atoms with Crippen molar-refractivity contribution < 1.29 is 0 Å². The zero-order chi connectivity index (χ0) is 11.9. The Labute approximate surface area is 102 Å². The highest BCUT2D eigenvalue weighted by atomic mass is 35.5. The SMILES string of the molecule is CC(C)c1cn(C(C)C)c2ccc(Cl)cc12.